The van der Waals surface area contributed by atoms with E-state index in [-0.39, 0.29) is 23.4 Å². The number of nitrogens with one attached hydrogen (secondary N) is 1. The van der Waals surface area contributed by atoms with Gasteiger partial charge in [0.15, 0.2) is 0 Å². The Kier molecular flexibility index (Phi) is 4.48. The molecule has 2 aromatic rings. The van der Waals surface area contributed by atoms with Crippen LogP contribution in [-0.2, 0) is 6.54 Å². The van der Waals surface area contributed by atoms with E-state index in [9.17, 15) is 14.6 Å². The highest BCUT2D eigenvalue weighted by Crippen LogP contribution is 2.28. The lowest BCUT2D eigenvalue weighted by atomic mass is 10.0. The van der Waals surface area contributed by atoms with Crippen molar-refractivity contribution in [3.05, 3.63) is 58.4 Å². The van der Waals surface area contributed by atoms with Crippen molar-refractivity contribution in [2.24, 2.45) is 0 Å². The zero-order valence-electron chi connectivity index (χ0n) is 12.4. The van der Waals surface area contributed by atoms with Gasteiger partial charge in [-0.2, -0.15) is 0 Å². The standard InChI is InChI=1S/C17H20FNO2/c1-10-6-13(7-11(2)17(10)18)9-19-12(3)15-8-14(20)4-5-16(15)21/h4-8,12,19-21H,9H2,1-3H3. The predicted molar refractivity (Wildman–Crippen MR) is 80.9 cm³/mol. The summed E-state index contributed by atoms with van der Waals surface area (Å²) in [5.41, 5.74) is 2.86. The van der Waals surface area contributed by atoms with Crippen LogP contribution in [0.25, 0.3) is 0 Å². The highest BCUT2D eigenvalue weighted by atomic mass is 19.1. The zero-order valence-corrected chi connectivity index (χ0v) is 12.4. The lowest BCUT2D eigenvalue weighted by molar-refractivity contribution is 0.440. The number of halogens is 1. The van der Waals surface area contributed by atoms with Gasteiger partial charge in [-0.15, -0.1) is 0 Å². The van der Waals surface area contributed by atoms with E-state index < -0.39 is 0 Å². The number of phenolic OH excluding ortho intramolecular Hbond substituents is 2. The molecule has 2 rings (SSSR count). The van der Waals surface area contributed by atoms with E-state index in [1.165, 1.54) is 18.2 Å². The molecule has 21 heavy (non-hydrogen) atoms. The second-order valence-corrected chi connectivity index (χ2v) is 5.39. The number of benzene rings is 2. The maximum absolute atomic E-state index is 13.6. The highest BCUT2D eigenvalue weighted by molar-refractivity contribution is 5.40. The van der Waals surface area contributed by atoms with Gasteiger partial charge in [-0.05, 0) is 55.7 Å². The normalized spacial score (nSPS) is 12.4. The van der Waals surface area contributed by atoms with Crippen LogP contribution in [0.3, 0.4) is 0 Å². The number of phenols is 2. The molecule has 0 saturated heterocycles. The number of rotatable bonds is 4. The van der Waals surface area contributed by atoms with Gasteiger partial charge in [0.2, 0.25) is 0 Å². The Hall–Kier alpha value is -2.07. The Morgan fingerprint density at radius 1 is 1.10 bits per heavy atom. The van der Waals surface area contributed by atoms with Gasteiger partial charge in [-0.25, -0.2) is 4.39 Å². The van der Waals surface area contributed by atoms with Crippen LogP contribution >= 0.6 is 0 Å². The van der Waals surface area contributed by atoms with E-state index in [0.29, 0.717) is 23.2 Å². The van der Waals surface area contributed by atoms with Gasteiger partial charge in [0.1, 0.15) is 17.3 Å². The molecule has 0 saturated carbocycles. The number of hydrogen-bond acceptors (Lipinski definition) is 3. The first-order chi connectivity index (χ1) is 9.88. The fourth-order valence-corrected chi connectivity index (χ4v) is 2.41. The van der Waals surface area contributed by atoms with Gasteiger partial charge in [0, 0.05) is 18.2 Å². The summed E-state index contributed by atoms with van der Waals surface area (Å²) in [7, 11) is 0. The average Bonchev–Trinajstić information content (AvgIpc) is 2.44. The van der Waals surface area contributed by atoms with E-state index in [0.717, 1.165) is 5.56 Å². The van der Waals surface area contributed by atoms with Crippen LogP contribution in [0.2, 0.25) is 0 Å². The van der Waals surface area contributed by atoms with Crippen molar-refractivity contribution in [2.45, 2.75) is 33.4 Å². The van der Waals surface area contributed by atoms with Crippen LogP contribution in [0.5, 0.6) is 11.5 Å². The minimum absolute atomic E-state index is 0.116. The third-order valence-corrected chi connectivity index (χ3v) is 3.59. The molecule has 0 aliphatic heterocycles. The second kappa shape index (κ2) is 6.14. The van der Waals surface area contributed by atoms with Gasteiger partial charge in [-0.1, -0.05) is 12.1 Å². The molecule has 0 aliphatic carbocycles. The molecule has 3 nitrogen and oxygen atoms in total. The van der Waals surface area contributed by atoms with Crippen LogP contribution in [0.1, 0.15) is 35.2 Å². The molecule has 2 aromatic carbocycles. The fourth-order valence-electron chi connectivity index (χ4n) is 2.41. The highest BCUT2D eigenvalue weighted by Gasteiger charge is 2.11. The molecule has 1 unspecified atom stereocenters. The zero-order chi connectivity index (χ0) is 15.6. The van der Waals surface area contributed by atoms with Crippen LogP contribution in [0, 0.1) is 19.7 Å². The molecule has 0 bridgehead atoms. The van der Waals surface area contributed by atoms with Crippen LogP contribution in [0.4, 0.5) is 4.39 Å². The summed E-state index contributed by atoms with van der Waals surface area (Å²) in [6.45, 7) is 5.95. The molecule has 3 N–H and O–H groups in total. The van der Waals surface area contributed by atoms with Crippen molar-refractivity contribution in [2.75, 3.05) is 0 Å². The van der Waals surface area contributed by atoms with E-state index in [2.05, 4.69) is 5.32 Å². The maximum atomic E-state index is 13.6. The minimum atomic E-state index is -0.169. The SMILES string of the molecule is Cc1cc(CNC(C)c2cc(O)ccc2O)cc(C)c1F. The van der Waals surface area contributed by atoms with Crippen molar-refractivity contribution >= 4 is 0 Å². The van der Waals surface area contributed by atoms with Crippen LogP contribution in [0.15, 0.2) is 30.3 Å². The van der Waals surface area contributed by atoms with Gasteiger partial charge in [0.25, 0.3) is 0 Å². The first kappa shape index (κ1) is 15.3. The molecular weight excluding hydrogens is 269 g/mol. The van der Waals surface area contributed by atoms with E-state index in [1.54, 1.807) is 13.8 Å². The average molecular weight is 289 g/mol. The first-order valence-electron chi connectivity index (χ1n) is 6.89. The lowest BCUT2D eigenvalue weighted by Gasteiger charge is -2.16. The number of aromatic hydroxyl groups is 2. The molecule has 1 atom stereocenters. The molecule has 112 valence electrons. The Bertz CT molecular complexity index is 632. The Balaban J connectivity index is 2.11. The molecule has 0 aromatic heterocycles. The quantitative estimate of drug-likeness (QED) is 0.752. The van der Waals surface area contributed by atoms with Crippen LogP contribution in [-0.4, -0.2) is 10.2 Å². The third-order valence-electron chi connectivity index (χ3n) is 3.59. The Morgan fingerprint density at radius 2 is 1.71 bits per heavy atom. The minimum Gasteiger partial charge on any atom is -0.508 e. The van der Waals surface area contributed by atoms with Crippen molar-refractivity contribution in [1.82, 2.24) is 5.32 Å². The van der Waals surface area contributed by atoms with E-state index in [4.69, 9.17) is 0 Å². The molecule has 4 heteroatoms. The van der Waals surface area contributed by atoms with Crippen molar-refractivity contribution in [1.29, 1.82) is 0 Å². The Morgan fingerprint density at radius 3 is 2.33 bits per heavy atom. The molecule has 0 fully saturated rings. The first-order valence-corrected chi connectivity index (χ1v) is 6.89. The maximum Gasteiger partial charge on any atom is 0.129 e. The largest absolute Gasteiger partial charge is 0.508 e. The van der Waals surface area contributed by atoms with Crippen molar-refractivity contribution < 1.29 is 14.6 Å². The molecular formula is C17H20FNO2. The summed E-state index contributed by atoms with van der Waals surface area (Å²) in [5.74, 6) is 0.0848. The van der Waals surface area contributed by atoms with Crippen molar-refractivity contribution in [3.8, 4) is 11.5 Å². The van der Waals surface area contributed by atoms with Gasteiger partial charge >= 0.3 is 0 Å². The second-order valence-electron chi connectivity index (χ2n) is 5.39. The summed E-state index contributed by atoms with van der Waals surface area (Å²) in [4.78, 5) is 0. The summed E-state index contributed by atoms with van der Waals surface area (Å²) >= 11 is 0. The van der Waals surface area contributed by atoms with Crippen LogP contribution < -0.4 is 5.32 Å². The third kappa shape index (κ3) is 3.52. The number of aryl methyl sites for hydroxylation is 2. The topological polar surface area (TPSA) is 52.5 Å². The monoisotopic (exact) mass is 289 g/mol. The summed E-state index contributed by atoms with van der Waals surface area (Å²) in [6, 6.07) is 7.93. The van der Waals surface area contributed by atoms with E-state index >= 15 is 0 Å². The van der Waals surface area contributed by atoms with E-state index in [1.807, 2.05) is 19.1 Å². The lowest BCUT2D eigenvalue weighted by Crippen LogP contribution is -2.18. The summed E-state index contributed by atoms with van der Waals surface area (Å²) in [6.07, 6.45) is 0. The molecule has 0 amide bonds. The molecule has 0 spiro atoms. The smallest absolute Gasteiger partial charge is 0.129 e. The van der Waals surface area contributed by atoms with Gasteiger partial charge in [-0.3, -0.25) is 0 Å². The Labute approximate surface area is 124 Å². The molecule has 0 heterocycles. The molecule has 0 radical (unpaired) electrons. The number of hydrogen-bond donors (Lipinski definition) is 3. The predicted octanol–water partition coefficient (Wildman–Crippen LogP) is 3.70. The van der Waals surface area contributed by atoms with Gasteiger partial charge in [0.05, 0.1) is 0 Å². The summed E-state index contributed by atoms with van der Waals surface area (Å²) in [5, 5.41) is 22.6. The summed E-state index contributed by atoms with van der Waals surface area (Å²) < 4.78 is 13.6. The van der Waals surface area contributed by atoms with Gasteiger partial charge < -0.3 is 15.5 Å². The van der Waals surface area contributed by atoms with Crippen molar-refractivity contribution in [3.63, 3.8) is 0 Å². The fraction of sp³-hybridized carbons (Fsp3) is 0.294. The molecule has 0 aliphatic rings.